The fourth-order valence-electron chi connectivity index (χ4n) is 2.51. The zero-order valence-corrected chi connectivity index (χ0v) is 12.3. The molecule has 0 aliphatic heterocycles. The van der Waals surface area contributed by atoms with E-state index in [9.17, 15) is 0 Å². The van der Waals surface area contributed by atoms with Crippen LogP contribution in [0.3, 0.4) is 0 Å². The van der Waals surface area contributed by atoms with Crippen molar-refractivity contribution < 1.29 is 0 Å². The zero-order valence-electron chi connectivity index (χ0n) is 12.3. The molecule has 1 aromatic carbocycles. The van der Waals surface area contributed by atoms with Crippen LogP contribution in [0.5, 0.6) is 0 Å². The molecule has 20 heavy (non-hydrogen) atoms. The quantitative estimate of drug-likeness (QED) is 0.744. The first-order chi connectivity index (χ1) is 9.81. The largest absolute Gasteiger partial charge is 0.333 e. The summed E-state index contributed by atoms with van der Waals surface area (Å²) >= 11 is 0. The van der Waals surface area contributed by atoms with Crippen LogP contribution in [0, 0.1) is 0 Å². The van der Waals surface area contributed by atoms with Crippen LogP contribution in [0.25, 0.3) is 0 Å². The van der Waals surface area contributed by atoms with Crippen molar-refractivity contribution in [2.45, 2.75) is 51.6 Å². The van der Waals surface area contributed by atoms with Crippen molar-refractivity contribution in [3.8, 4) is 0 Å². The van der Waals surface area contributed by atoms with Gasteiger partial charge in [0.1, 0.15) is 0 Å². The second-order valence-electron chi connectivity index (χ2n) is 5.37. The Labute approximate surface area is 121 Å². The van der Waals surface area contributed by atoms with Gasteiger partial charge in [-0.15, -0.1) is 0 Å². The molecule has 2 aromatic rings. The molecule has 0 aliphatic rings. The lowest BCUT2D eigenvalue weighted by Crippen LogP contribution is -2.17. The molecule has 2 rings (SSSR count). The molecule has 108 valence electrons. The van der Waals surface area contributed by atoms with Crippen LogP contribution < -0.4 is 5.73 Å². The lowest BCUT2D eigenvalue weighted by molar-refractivity contribution is 0.545. The minimum Gasteiger partial charge on any atom is -0.333 e. The summed E-state index contributed by atoms with van der Waals surface area (Å²) in [5.41, 5.74) is 8.76. The molecule has 3 heteroatoms. The number of aryl methyl sites for hydroxylation is 1. The van der Waals surface area contributed by atoms with E-state index < -0.39 is 0 Å². The summed E-state index contributed by atoms with van der Waals surface area (Å²) in [6, 6.07) is 10.4. The van der Waals surface area contributed by atoms with Gasteiger partial charge in [-0.25, -0.2) is 4.98 Å². The molecule has 0 amide bonds. The van der Waals surface area contributed by atoms with E-state index in [1.54, 1.807) is 0 Å². The minimum absolute atomic E-state index is 0.0195. The predicted molar refractivity (Wildman–Crippen MR) is 83.4 cm³/mol. The molecular weight excluding hydrogens is 246 g/mol. The van der Waals surface area contributed by atoms with Crippen molar-refractivity contribution in [3.63, 3.8) is 0 Å². The van der Waals surface area contributed by atoms with E-state index in [0.29, 0.717) is 0 Å². The average Bonchev–Trinajstić information content (AvgIpc) is 2.93. The SMILES string of the molecule is CCCCCCn1cncc1[C@H](N)Cc1ccccc1. The van der Waals surface area contributed by atoms with E-state index in [0.717, 1.165) is 18.7 Å². The zero-order chi connectivity index (χ0) is 14.2. The van der Waals surface area contributed by atoms with E-state index >= 15 is 0 Å². The number of aromatic nitrogens is 2. The summed E-state index contributed by atoms with van der Waals surface area (Å²) in [5.74, 6) is 0. The Kier molecular flexibility index (Phi) is 5.81. The highest BCUT2D eigenvalue weighted by Crippen LogP contribution is 2.16. The number of benzene rings is 1. The molecule has 0 unspecified atom stereocenters. The molecule has 0 bridgehead atoms. The van der Waals surface area contributed by atoms with Gasteiger partial charge in [0.05, 0.1) is 18.1 Å². The Hall–Kier alpha value is -1.61. The maximum atomic E-state index is 6.34. The molecule has 0 aliphatic carbocycles. The number of hydrogen-bond donors (Lipinski definition) is 1. The number of unbranched alkanes of at least 4 members (excludes halogenated alkanes) is 3. The number of nitrogens with zero attached hydrogens (tertiary/aromatic N) is 2. The van der Waals surface area contributed by atoms with E-state index in [1.807, 2.05) is 18.6 Å². The minimum atomic E-state index is 0.0195. The fraction of sp³-hybridized carbons (Fsp3) is 0.471. The Morgan fingerprint density at radius 1 is 1.15 bits per heavy atom. The Balaban J connectivity index is 1.93. The van der Waals surface area contributed by atoms with Crippen LogP contribution in [0.2, 0.25) is 0 Å². The van der Waals surface area contributed by atoms with Gasteiger partial charge >= 0.3 is 0 Å². The van der Waals surface area contributed by atoms with Crippen LogP contribution in [0.15, 0.2) is 42.9 Å². The molecule has 1 heterocycles. The summed E-state index contributed by atoms with van der Waals surface area (Å²) in [5, 5.41) is 0. The molecule has 1 atom stereocenters. The number of rotatable bonds is 8. The third-order valence-electron chi connectivity index (χ3n) is 3.68. The molecule has 3 nitrogen and oxygen atoms in total. The Morgan fingerprint density at radius 2 is 1.95 bits per heavy atom. The van der Waals surface area contributed by atoms with Gasteiger partial charge in [-0.05, 0) is 18.4 Å². The van der Waals surface area contributed by atoms with Crippen molar-refractivity contribution in [3.05, 3.63) is 54.1 Å². The van der Waals surface area contributed by atoms with Gasteiger partial charge in [0, 0.05) is 12.7 Å². The first-order valence-corrected chi connectivity index (χ1v) is 7.60. The summed E-state index contributed by atoms with van der Waals surface area (Å²) in [6.07, 6.45) is 9.74. The molecule has 2 N–H and O–H groups in total. The van der Waals surface area contributed by atoms with Crippen LogP contribution in [0.4, 0.5) is 0 Å². The van der Waals surface area contributed by atoms with Crippen LogP contribution >= 0.6 is 0 Å². The smallest absolute Gasteiger partial charge is 0.0948 e. The van der Waals surface area contributed by atoms with Gasteiger partial charge in [0.25, 0.3) is 0 Å². The maximum absolute atomic E-state index is 6.34. The molecule has 0 fully saturated rings. The predicted octanol–water partition coefficient (Wildman–Crippen LogP) is 3.71. The molecule has 1 aromatic heterocycles. The Morgan fingerprint density at radius 3 is 2.70 bits per heavy atom. The number of nitrogens with two attached hydrogens (primary N) is 1. The summed E-state index contributed by atoms with van der Waals surface area (Å²) < 4.78 is 2.21. The second kappa shape index (κ2) is 7.85. The summed E-state index contributed by atoms with van der Waals surface area (Å²) in [7, 11) is 0. The lowest BCUT2D eigenvalue weighted by atomic mass is 10.0. The highest BCUT2D eigenvalue weighted by Gasteiger charge is 2.12. The van der Waals surface area contributed by atoms with Crippen LogP contribution in [-0.4, -0.2) is 9.55 Å². The fourth-order valence-corrected chi connectivity index (χ4v) is 2.51. The van der Waals surface area contributed by atoms with Gasteiger partial charge in [-0.3, -0.25) is 0 Å². The van der Waals surface area contributed by atoms with Gasteiger partial charge in [0.15, 0.2) is 0 Å². The molecule has 0 radical (unpaired) electrons. The number of imidazole rings is 1. The topological polar surface area (TPSA) is 43.8 Å². The number of hydrogen-bond acceptors (Lipinski definition) is 2. The highest BCUT2D eigenvalue weighted by atomic mass is 15.1. The van der Waals surface area contributed by atoms with E-state index in [4.69, 9.17) is 5.73 Å². The van der Waals surface area contributed by atoms with Crippen molar-refractivity contribution in [1.82, 2.24) is 9.55 Å². The van der Waals surface area contributed by atoms with E-state index in [-0.39, 0.29) is 6.04 Å². The third kappa shape index (κ3) is 4.20. The van der Waals surface area contributed by atoms with Crippen LogP contribution in [-0.2, 0) is 13.0 Å². The first-order valence-electron chi connectivity index (χ1n) is 7.60. The first kappa shape index (κ1) is 14.8. The second-order valence-corrected chi connectivity index (χ2v) is 5.37. The average molecular weight is 271 g/mol. The van der Waals surface area contributed by atoms with Crippen molar-refractivity contribution in [2.75, 3.05) is 0 Å². The van der Waals surface area contributed by atoms with Crippen LogP contribution in [0.1, 0.15) is 49.9 Å². The van der Waals surface area contributed by atoms with Crippen molar-refractivity contribution in [2.24, 2.45) is 5.73 Å². The Bertz CT molecular complexity index is 490. The van der Waals surface area contributed by atoms with E-state index in [2.05, 4.69) is 40.7 Å². The highest BCUT2D eigenvalue weighted by molar-refractivity contribution is 5.18. The molecule has 0 spiro atoms. The maximum Gasteiger partial charge on any atom is 0.0948 e. The van der Waals surface area contributed by atoms with Gasteiger partial charge in [-0.1, -0.05) is 56.5 Å². The monoisotopic (exact) mass is 271 g/mol. The molecular formula is C17H25N3. The van der Waals surface area contributed by atoms with Crippen molar-refractivity contribution in [1.29, 1.82) is 0 Å². The van der Waals surface area contributed by atoms with Gasteiger partial charge < -0.3 is 10.3 Å². The normalized spacial score (nSPS) is 12.5. The lowest BCUT2D eigenvalue weighted by Gasteiger charge is -2.15. The van der Waals surface area contributed by atoms with Gasteiger partial charge in [0.2, 0.25) is 0 Å². The summed E-state index contributed by atoms with van der Waals surface area (Å²) in [6.45, 7) is 3.26. The van der Waals surface area contributed by atoms with Crippen molar-refractivity contribution >= 4 is 0 Å². The standard InChI is InChI=1S/C17H25N3/c1-2-3-4-8-11-20-14-19-13-17(20)16(18)12-15-9-6-5-7-10-15/h5-7,9-10,13-14,16H,2-4,8,11-12,18H2,1H3/t16-/m1/s1. The van der Waals surface area contributed by atoms with Gasteiger partial charge in [-0.2, -0.15) is 0 Å². The molecule has 0 saturated heterocycles. The van der Waals surface area contributed by atoms with E-state index in [1.165, 1.54) is 31.2 Å². The third-order valence-corrected chi connectivity index (χ3v) is 3.68. The molecule has 0 saturated carbocycles. The summed E-state index contributed by atoms with van der Waals surface area (Å²) in [4.78, 5) is 4.27.